The number of hydrogen-bond acceptors (Lipinski definition) is 5. The van der Waals surface area contributed by atoms with Crippen molar-refractivity contribution in [3.05, 3.63) is 52.9 Å². The molecule has 1 aliphatic heterocycles. The molecule has 1 aromatic carbocycles. The molecule has 0 spiro atoms. The lowest BCUT2D eigenvalue weighted by Crippen LogP contribution is -2.50. The van der Waals surface area contributed by atoms with E-state index in [0.717, 1.165) is 44.2 Å². The minimum absolute atomic E-state index is 0.183. The maximum atomic E-state index is 12.5. The molecule has 6 nitrogen and oxygen atoms in total. The molecule has 2 heterocycles. The predicted molar refractivity (Wildman–Crippen MR) is 101 cm³/mol. The molecular weight excluding hydrogens is 328 g/mol. The first-order valence-corrected chi connectivity index (χ1v) is 9.16. The highest BCUT2D eigenvalue weighted by atomic mass is 16.5. The van der Waals surface area contributed by atoms with E-state index in [1.54, 1.807) is 0 Å². The van der Waals surface area contributed by atoms with Crippen LogP contribution in [-0.2, 0) is 17.9 Å². The zero-order valence-electron chi connectivity index (χ0n) is 15.9. The van der Waals surface area contributed by atoms with Gasteiger partial charge in [-0.05, 0) is 26.5 Å². The summed E-state index contributed by atoms with van der Waals surface area (Å²) >= 11 is 0. The standard InChI is InChI=1S/C20H28N4O2/c1-16-5-4-6-18(11-16)13-23-7-9-24(10-8-23)20(25)15-22(3)14-19-12-17(2)26-21-19/h4-6,11-12H,7-10,13-15H2,1-3H3. The second-order valence-corrected chi connectivity index (χ2v) is 7.25. The van der Waals surface area contributed by atoms with Crippen LogP contribution in [0.15, 0.2) is 34.9 Å². The van der Waals surface area contributed by atoms with Crippen molar-refractivity contribution >= 4 is 5.91 Å². The Morgan fingerprint density at radius 1 is 1.19 bits per heavy atom. The van der Waals surface area contributed by atoms with Gasteiger partial charge in [-0.3, -0.25) is 14.6 Å². The monoisotopic (exact) mass is 356 g/mol. The van der Waals surface area contributed by atoms with Crippen LogP contribution in [-0.4, -0.2) is 65.5 Å². The first-order chi connectivity index (χ1) is 12.5. The van der Waals surface area contributed by atoms with Gasteiger partial charge in [-0.15, -0.1) is 0 Å². The molecule has 1 amide bonds. The van der Waals surface area contributed by atoms with E-state index in [1.807, 2.05) is 29.8 Å². The van der Waals surface area contributed by atoms with Gasteiger partial charge in [0.05, 0.1) is 12.2 Å². The van der Waals surface area contributed by atoms with Crippen molar-refractivity contribution in [1.29, 1.82) is 0 Å². The zero-order chi connectivity index (χ0) is 18.5. The molecule has 0 bridgehead atoms. The Hall–Kier alpha value is -2.18. The SMILES string of the molecule is Cc1cccc(CN2CCN(C(=O)CN(C)Cc3cc(C)on3)CC2)c1. The maximum Gasteiger partial charge on any atom is 0.236 e. The third kappa shape index (κ3) is 5.16. The second kappa shape index (κ2) is 8.47. The van der Waals surface area contributed by atoms with Crippen molar-refractivity contribution in [3.63, 3.8) is 0 Å². The van der Waals surface area contributed by atoms with Gasteiger partial charge in [0.25, 0.3) is 0 Å². The number of carbonyl (C=O) groups excluding carboxylic acids is 1. The summed E-state index contributed by atoms with van der Waals surface area (Å²) in [5, 5.41) is 3.98. The normalized spacial score (nSPS) is 15.6. The maximum absolute atomic E-state index is 12.5. The fourth-order valence-electron chi connectivity index (χ4n) is 3.38. The van der Waals surface area contributed by atoms with Crippen LogP contribution in [0.5, 0.6) is 0 Å². The van der Waals surface area contributed by atoms with E-state index in [-0.39, 0.29) is 5.91 Å². The molecule has 0 atom stereocenters. The number of hydrogen-bond donors (Lipinski definition) is 0. The summed E-state index contributed by atoms with van der Waals surface area (Å²) in [6.07, 6.45) is 0. The fraction of sp³-hybridized carbons (Fsp3) is 0.500. The Kier molecular flexibility index (Phi) is 6.06. The first kappa shape index (κ1) is 18.6. The molecule has 1 fully saturated rings. The van der Waals surface area contributed by atoms with E-state index in [2.05, 4.69) is 41.2 Å². The number of amides is 1. The van der Waals surface area contributed by atoms with E-state index in [9.17, 15) is 4.79 Å². The molecule has 6 heteroatoms. The van der Waals surface area contributed by atoms with Crippen molar-refractivity contribution < 1.29 is 9.32 Å². The number of carbonyl (C=O) groups is 1. The van der Waals surface area contributed by atoms with Gasteiger partial charge >= 0.3 is 0 Å². The summed E-state index contributed by atoms with van der Waals surface area (Å²) in [7, 11) is 1.94. The highest BCUT2D eigenvalue weighted by Crippen LogP contribution is 2.11. The molecule has 140 valence electrons. The zero-order valence-corrected chi connectivity index (χ0v) is 15.9. The minimum atomic E-state index is 0.183. The molecule has 0 saturated carbocycles. The Morgan fingerprint density at radius 3 is 2.62 bits per heavy atom. The first-order valence-electron chi connectivity index (χ1n) is 9.16. The lowest BCUT2D eigenvalue weighted by Gasteiger charge is -2.35. The van der Waals surface area contributed by atoms with Crippen LogP contribution in [0.25, 0.3) is 0 Å². The molecule has 3 rings (SSSR count). The summed E-state index contributed by atoms with van der Waals surface area (Å²) in [4.78, 5) is 18.9. The summed E-state index contributed by atoms with van der Waals surface area (Å²) in [6.45, 7) is 9.41. The average molecular weight is 356 g/mol. The third-order valence-corrected chi connectivity index (χ3v) is 4.73. The lowest BCUT2D eigenvalue weighted by atomic mass is 10.1. The van der Waals surface area contributed by atoms with E-state index in [4.69, 9.17) is 4.52 Å². The average Bonchev–Trinajstić information content (AvgIpc) is 3.00. The van der Waals surface area contributed by atoms with Crippen molar-refractivity contribution in [3.8, 4) is 0 Å². The minimum Gasteiger partial charge on any atom is -0.361 e. The van der Waals surface area contributed by atoms with Crippen LogP contribution in [0, 0.1) is 13.8 Å². The van der Waals surface area contributed by atoms with Crippen LogP contribution in [0.4, 0.5) is 0 Å². The van der Waals surface area contributed by atoms with Gasteiger partial charge in [0.2, 0.25) is 5.91 Å². The van der Waals surface area contributed by atoms with Gasteiger partial charge in [-0.2, -0.15) is 0 Å². The summed E-state index contributed by atoms with van der Waals surface area (Å²) in [6, 6.07) is 10.5. The quantitative estimate of drug-likeness (QED) is 0.793. The summed E-state index contributed by atoms with van der Waals surface area (Å²) < 4.78 is 5.08. The van der Waals surface area contributed by atoms with Gasteiger partial charge in [-0.1, -0.05) is 35.0 Å². The molecule has 1 aromatic heterocycles. The van der Waals surface area contributed by atoms with Crippen LogP contribution >= 0.6 is 0 Å². The molecular formula is C20H28N4O2. The smallest absolute Gasteiger partial charge is 0.236 e. The molecule has 0 unspecified atom stereocenters. The van der Waals surface area contributed by atoms with Crippen molar-refractivity contribution in [2.24, 2.45) is 0 Å². The van der Waals surface area contributed by atoms with Crippen molar-refractivity contribution in [2.75, 3.05) is 39.8 Å². The van der Waals surface area contributed by atoms with Gasteiger partial charge in [0.15, 0.2) is 0 Å². The lowest BCUT2D eigenvalue weighted by molar-refractivity contribution is -0.134. The van der Waals surface area contributed by atoms with Gasteiger partial charge in [0.1, 0.15) is 5.76 Å². The van der Waals surface area contributed by atoms with E-state index in [1.165, 1.54) is 11.1 Å². The molecule has 1 aliphatic rings. The van der Waals surface area contributed by atoms with Crippen LogP contribution in [0.3, 0.4) is 0 Å². The molecule has 0 N–H and O–H groups in total. The van der Waals surface area contributed by atoms with Crippen molar-refractivity contribution in [2.45, 2.75) is 26.9 Å². The molecule has 0 aliphatic carbocycles. The van der Waals surface area contributed by atoms with E-state index >= 15 is 0 Å². The van der Waals surface area contributed by atoms with Gasteiger partial charge in [0, 0.05) is 45.3 Å². The van der Waals surface area contributed by atoms with Gasteiger partial charge < -0.3 is 9.42 Å². The van der Waals surface area contributed by atoms with E-state index < -0.39 is 0 Å². The molecule has 1 saturated heterocycles. The van der Waals surface area contributed by atoms with Gasteiger partial charge in [-0.25, -0.2) is 0 Å². The Bertz CT molecular complexity index is 735. The van der Waals surface area contributed by atoms with Crippen LogP contribution in [0.2, 0.25) is 0 Å². The number of likely N-dealkylation sites (N-methyl/N-ethyl adjacent to an activating group) is 1. The largest absolute Gasteiger partial charge is 0.361 e. The topological polar surface area (TPSA) is 52.8 Å². The summed E-state index contributed by atoms with van der Waals surface area (Å²) in [5.41, 5.74) is 3.50. The number of piperazine rings is 1. The second-order valence-electron chi connectivity index (χ2n) is 7.25. The highest BCUT2D eigenvalue weighted by molar-refractivity contribution is 5.78. The fourth-order valence-corrected chi connectivity index (χ4v) is 3.38. The third-order valence-electron chi connectivity index (χ3n) is 4.73. The molecule has 0 radical (unpaired) electrons. The number of nitrogens with zero attached hydrogens (tertiary/aromatic N) is 4. The molecule has 2 aromatic rings. The number of aryl methyl sites for hydroxylation is 2. The van der Waals surface area contributed by atoms with Crippen LogP contribution < -0.4 is 0 Å². The number of aromatic nitrogens is 1. The predicted octanol–water partition coefficient (Wildman–Crippen LogP) is 2.07. The van der Waals surface area contributed by atoms with E-state index in [0.29, 0.717) is 13.1 Å². The Morgan fingerprint density at radius 2 is 1.96 bits per heavy atom. The highest BCUT2D eigenvalue weighted by Gasteiger charge is 2.22. The number of rotatable bonds is 6. The van der Waals surface area contributed by atoms with Crippen LogP contribution in [0.1, 0.15) is 22.6 Å². The number of benzene rings is 1. The Balaban J connectivity index is 1.43. The Labute approximate surface area is 155 Å². The van der Waals surface area contributed by atoms with Crippen molar-refractivity contribution in [1.82, 2.24) is 19.9 Å². The summed E-state index contributed by atoms with van der Waals surface area (Å²) in [5.74, 6) is 0.979. The molecule has 26 heavy (non-hydrogen) atoms.